The molecule has 0 saturated carbocycles. The number of carboxylic acids is 1. The summed E-state index contributed by atoms with van der Waals surface area (Å²) in [5.74, 6) is -1.00. The zero-order valence-electron chi connectivity index (χ0n) is 10.4. The predicted molar refractivity (Wildman–Crippen MR) is 72.7 cm³/mol. The SMILES string of the molecule is Cc1cc(C)cc(-c2ccc(N)c(C(=O)O)c2)c1. The number of aromatic carboxylic acids is 1. The number of anilines is 1. The molecule has 0 heterocycles. The first-order chi connectivity index (χ1) is 8.47. The topological polar surface area (TPSA) is 63.3 Å². The van der Waals surface area contributed by atoms with E-state index in [2.05, 4.69) is 6.07 Å². The van der Waals surface area contributed by atoms with Crippen LogP contribution in [0, 0.1) is 13.8 Å². The summed E-state index contributed by atoms with van der Waals surface area (Å²) in [5.41, 5.74) is 10.3. The molecule has 3 N–H and O–H groups in total. The van der Waals surface area contributed by atoms with E-state index in [1.807, 2.05) is 32.0 Å². The average Bonchev–Trinajstić information content (AvgIpc) is 2.27. The summed E-state index contributed by atoms with van der Waals surface area (Å²) >= 11 is 0. The summed E-state index contributed by atoms with van der Waals surface area (Å²) in [6.45, 7) is 4.04. The Morgan fingerprint density at radius 2 is 1.61 bits per heavy atom. The van der Waals surface area contributed by atoms with E-state index in [1.165, 1.54) is 0 Å². The van der Waals surface area contributed by atoms with Gasteiger partial charge >= 0.3 is 5.97 Å². The van der Waals surface area contributed by atoms with Crippen LogP contribution in [-0.4, -0.2) is 11.1 Å². The molecule has 0 aliphatic carbocycles. The lowest BCUT2D eigenvalue weighted by Crippen LogP contribution is -2.02. The van der Waals surface area contributed by atoms with Crippen molar-refractivity contribution < 1.29 is 9.90 Å². The van der Waals surface area contributed by atoms with Gasteiger partial charge in [0.15, 0.2) is 0 Å². The van der Waals surface area contributed by atoms with Gasteiger partial charge in [-0.1, -0.05) is 35.4 Å². The Kier molecular flexibility index (Phi) is 3.06. The lowest BCUT2D eigenvalue weighted by molar-refractivity contribution is 0.0698. The van der Waals surface area contributed by atoms with Crippen LogP contribution in [0.5, 0.6) is 0 Å². The van der Waals surface area contributed by atoms with Gasteiger partial charge in [-0.05, 0) is 37.1 Å². The molecule has 0 saturated heterocycles. The summed E-state index contributed by atoms with van der Waals surface area (Å²) in [4.78, 5) is 11.1. The molecule has 2 rings (SSSR count). The van der Waals surface area contributed by atoms with Gasteiger partial charge in [0.05, 0.1) is 5.56 Å². The highest BCUT2D eigenvalue weighted by Gasteiger charge is 2.09. The van der Waals surface area contributed by atoms with Crippen LogP contribution in [0.15, 0.2) is 36.4 Å². The van der Waals surface area contributed by atoms with Crippen molar-refractivity contribution in [3.8, 4) is 11.1 Å². The number of hydrogen-bond acceptors (Lipinski definition) is 2. The number of carboxylic acid groups (broad SMARTS) is 1. The molecule has 0 aliphatic rings. The second kappa shape index (κ2) is 4.53. The third-order valence-electron chi connectivity index (χ3n) is 2.84. The van der Waals surface area contributed by atoms with E-state index in [0.29, 0.717) is 0 Å². The molecule has 0 fully saturated rings. The summed E-state index contributed by atoms with van der Waals surface area (Å²) in [6, 6.07) is 11.2. The van der Waals surface area contributed by atoms with Crippen molar-refractivity contribution in [1.29, 1.82) is 0 Å². The van der Waals surface area contributed by atoms with E-state index < -0.39 is 5.97 Å². The summed E-state index contributed by atoms with van der Waals surface area (Å²) in [7, 11) is 0. The first kappa shape index (κ1) is 12.2. The summed E-state index contributed by atoms with van der Waals surface area (Å²) in [5, 5.41) is 9.07. The molecule has 0 unspecified atom stereocenters. The molecule has 2 aromatic carbocycles. The second-order valence-corrected chi connectivity index (χ2v) is 4.48. The van der Waals surface area contributed by atoms with Gasteiger partial charge in [-0.15, -0.1) is 0 Å². The summed E-state index contributed by atoms with van der Waals surface area (Å²) in [6.07, 6.45) is 0. The zero-order valence-corrected chi connectivity index (χ0v) is 10.4. The van der Waals surface area contributed by atoms with Crippen molar-refractivity contribution in [2.45, 2.75) is 13.8 Å². The lowest BCUT2D eigenvalue weighted by Gasteiger charge is -2.08. The van der Waals surface area contributed by atoms with Crippen LogP contribution < -0.4 is 5.73 Å². The van der Waals surface area contributed by atoms with Gasteiger partial charge in [0.1, 0.15) is 0 Å². The molecule has 0 amide bonds. The number of hydrogen-bond donors (Lipinski definition) is 2. The maximum Gasteiger partial charge on any atom is 0.337 e. The van der Waals surface area contributed by atoms with Crippen LogP contribution in [0.3, 0.4) is 0 Å². The van der Waals surface area contributed by atoms with Crippen LogP contribution in [0.2, 0.25) is 0 Å². The fourth-order valence-electron chi connectivity index (χ4n) is 2.06. The number of aryl methyl sites for hydroxylation is 2. The number of rotatable bonds is 2. The van der Waals surface area contributed by atoms with Gasteiger partial charge in [-0.3, -0.25) is 0 Å². The van der Waals surface area contributed by atoms with E-state index in [1.54, 1.807) is 12.1 Å². The largest absolute Gasteiger partial charge is 0.478 e. The fourth-order valence-corrected chi connectivity index (χ4v) is 2.06. The molecular weight excluding hydrogens is 226 g/mol. The molecule has 0 aliphatic heterocycles. The minimum absolute atomic E-state index is 0.145. The standard InChI is InChI=1S/C15H15NO2/c1-9-5-10(2)7-12(6-9)11-3-4-14(16)13(8-11)15(17)18/h3-8H,16H2,1-2H3,(H,17,18). The van der Waals surface area contributed by atoms with Gasteiger partial charge < -0.3 is 10.8 Å². The molecule has 0 spiro atoms. The summed E-state index contributed by atoms with van der Waals surface area (Å²) < 4.78 is 0. The normalized spacial score (nSPS) is 10.3. The number of nitrogen functional groups attached to an aromatic ring is 1. The Morgan fingerprint density at radius 3 is 2.17 bits per heavy atom. The smallest absolute Gasteiger partial charge is 0.337 e. The Hall–Kier alpha value is -2.29. The Labute approximate surface area is 106 Å². The van der Waals surface area contributed by atoms with Gasteiger partial charge in [0.2, 0.25) is 0 Å². The van der Waals surface area contributed by atoms with Gasteiger partial charge in [0.25, 0.3) is 0 Å². The van der Waals surface area contributed by atoms with E-state index in [9.17, 15) is 4.79 Å². The molecule has 0 radical (unpaired) electrons. The first-order valence-electron chi connectivity index (χ1n) is 5.69. The van der Waals surface area contributed by atoms with Crippen molar-refractivity contribution in [2.24, 2.45) is 0 Å². The first-order valence-corrected chi connectivity index (χ1v) is 5.69. The van der Waals surface area contributed by atoms with Crippen molar-refractivity contribution >= 4 is 11.7 Å². The molecule has 0 aromatic heterocycles. The molecule has 3 nitrogen and oxygen atoms in total. The molecule has 0 atom stereocenters. The van der Waals surface area contributed by atoms with Crippen LogP contribution in [-0.2, 0) is 0 Å². The third-order valence-corrected chi connectivity index (χ3v) is 2.84. The van der Waals surface area contributed by atoms with Crippen LogP contribution in [0.4, 0.5) is 5.69 Å². The molecule has 3 heteroatoms. The van der Waals surface area contributed by atoms with E-state index in [-0.39, 0.29) is 11.3 Å². The van der Waals surface area contributed by atoms with Crippen molar-refractivity contribution in [2.75, 3.05) is 5.73 Å². The van der Waals surface area contributed by atoms with Crippen molar-refractivity contribution in [3.05, 3.63) is 53.1 Å². The minimum Gasteiger partial charge on any atom is -0.478 e. The highest BCUT2D eigenvalue weighted by molar-refractivity contribution is 5.95. The van der Waals surface area contributed by atoms with Crippen LogP contribution >= 0.6 is 0 Å². The lowest BCUT2D eigenvalue weighted by atomic mass is 9.98. The van der Waals surface area contributed by atoms with E-state index in [4.69, 9.17) is 10.8 Å². The quantitative estimate of drug-likeness (QED) is 0.793. The zero-order chi connectivity index (χ0) is 13.3. The minimum atomic E-state index is -1.00. The second-order valence-electron chi connectivity index (χ2n) is 4.48. The van der Waals surface area contributed by atoms with E-state index >= 15 is 0 Å². The van der Waals surface area contributed by atoms with Crippen LogP contribution in [0.1, 0.15) is 21.5 Å². The maximum atomic E-state index is 11.1. The van der Waals surface area contributed by atoms with Gasteiger partial charge in [-0.25, -0.2) is 4.79 Å². The Balaban J connectivity index is 2.57. The molecule has 2 aromatic rings. The van der Waals surface area contributed by atoms with Crippen LogP contribution in [0.25, 0.3) is 11.1 Å². The number of nitrogens with two attached hydrogens (primary N) is 1. The highest BCUT2D eigenvalue weighted by atomic mass is 16.4. The fraction of sp³-hybridized carbons (Fsp3) is 0.133. The number of benzene rings is 2. The Bertz CT molecular complexity index is 598. The molecular formula is C15H15NO2. The average molecular weight is 241 g/mol. The Morgan fingerprint density at radius 1 is 1.00 bits per heavy atom. The van der Waals surface area contributed by atoms with Gasteiger partial charge in [0, 0.05) is 5.69 Å². The van der Waals surface area contributed by atoms with Crippen molar-refractivity contribution in [1.82, 2.24) is 0 Å². The maximum absolute atomic E-state index is 11.1. The van der Waals surface area contributed by atoms with Crippen molar-refractivity contribution in [3.63, 3.8) is 0 Å². The van der Waals surface area contributed by atoms with Gasteiger partial charge in [-0.2, -0.15) is 0 Å². The molecule has 18 heavy (non-hydrogen) atoms. The highest BCUT2D eigenvalue weighted by Crippen LogP contribution is 2.25. The third kappa shape index (κ3) is 2.35. The van der Waals surface area contributed by atoms with E-state index in [0.717, 1.165) is 22.3 Å². The number of carbonyl (C=O) groups is 1. The molecule has 0 bridgehead atoms. The molecule has 92 valence electrons. The predicted octanol–water partition coefficient (Wildman–Crippen LogP) is 3.25. The monoisotopic (exact) mass is 241 g/mol.